The van der Waals surface area contributed by atoms with E-state index >= 15 is 0 Å². The fourth-order valence-corrected chi connectivity index (χ4v) is 1.35. The largest absolute Gasteiger partial charge is 0.444 e. The second-order valence-corrected chi connectivity index (χ2v) is 5.28. The zero-order valence-electron chi connectivity index (χ0n) is 10.4. The summed E-state index contributed by atoms with van der Waals surface area (Å²) in [7, 11) is 0. The van der Waals surface area contributed by atoms with E-state index < -0.39 is 0 Å². The first-order chi connectivity index (χ1) is 6.91. The molecule has 84 valence electrons. The summed E-state index contributed by atoms with van der Waals surface area (Å²) in [5.41, 5.74) is 0.0631. The molecule has 0 saturated carbocycles. The second kappa shape index (κ2) is 4.65. The minimum absolute atomic E-state index is 0.0631. The predicted molar refractivity (Wildman–Crippen MR) is 62.0 cm³/mol. The highest BCUT2D eigenvalue weighted by Crippen LogP contribution is 2.12. The summed E-state index contributed by atoms with van der Waals surface area (Å²) in [6.45, 7) is 11.6. The number of ether oxygens (including phenoxy) is 1. The lowest BCUT2D eigenvalue weighted by Crippen LogP contribution is -2.50. The van der Waals surface area contributed by atoms with E-state index in [1.165, 1.54) is 0 Å². The summed E-state index contributed by atoms with van der Waals surface area (Å²) < 4.78 is 7.95. The van der Waals surface area contributed by atoms with E-state index in [2.05, 4.69) is 45.4 Å². The van der Waals surface area contributed by atoms with Gasteiger partial charge < -0.3 is 4.74 Å². The van der Waals surface area contributed by atoms with E-state index in [1.807, 2.05) is 18.2 Å². The summed E-state index contributed by atoms with van der Waals surface area (Å²) in [6.07, 6.45) is 2.07. The molecule has 1 aromatic rings. The number of nitrogens with zero attached hydrogens (tertiary/aromatic N) is 1. The van der Waals surface area contributed by atoms with E-state index in [9.17, 15) is 0 Å². The van der Waals surface area contributed by atoms with E-state index in [4.69, 9.17) is 4.74 Å². The number of rotatable bonds is 3. The number of pyridine rings is 1. The van der Waals surface area contributed by atoms with Gasteiger partial charge in [-0.05, 0) is 12.0 Å². The van der Waals surface area contributed by atoms with Gasteiger partial charge in [0.15, 0.2) is 11.7 Å². The van der Waals surface area contributed by atoms with Crippen molar-refractivity contribution >= 4 is 0 Å². The highest BCUT2D eigenvalue weighted by molar-refractivity contribution is 5.03. The molecule has 0 saturated heterocycles. The van der Waals surface area contributed by atoms with Crippen LogP contribution < -0.4 is 9.30 Å². The fraction of sp³-hybridized carbons (Fsp3) is 0.615. The lowest BCUT2D eigenvalue weighted by atomic mass is 10.1. The molecule has 0 radical (unpaired) electrons. The number of aromatic nitrogens is 1. The predicted octanol–water partition coefficient (Wildman–Crippen LogP) is 2.76. The molecule has 0 aliphatic heterocycles. The highest BCUT2D eigenvalue weighted by atomic mass is 16.5. The average molecular weight is 208 g/mol. The van der Waals surface area contributed by atoms with Crippen molar-refractivity contribution in [2.75, 3.05) is 6.61 Å². The summed E-state index contributed by atoms with van der Waals surface area (Å²) in [4.78, 5) is 0. The van der Waals surface area contributed by atoms with Crippen LogP contribution in [0.1, 0.15) is 34.6 Å². The third-order valence-corrected chi connectivity index (χ3v) is 2.11. The monoisotopic (exact) mass is 208 g/mol. The van der Waals surface area contributed by atoms with Gasteiger partial charge in [-0.3, -0.25) is 0 Å². The molecule has 0 fully saturated rings. The summed E-state index contributed by atoms with van der Waals surface area (Å²) in [5, 5.41) is 0. The Kier molecular flexibility index (Phi) is 3.72. The van der Waals surface area contributed by atoms with Crippen LogP contribution in [0.3, 0.4) is 0 Å². The summed E-state index contributed by atoms with van der Waals surface area (Å²) in [6, 6.07) is 6.07. The minimum atomic E-state index is 0.0631. The van der Waals surface area contributed by atoms with Crippen LogP contribution in [0.4, 0.5) is 0 Å². The van der Waals surface area contributed by atoms with Crippen molar-refractivity contribution in [1.29, 1.82) is 0 Å². The van der Waals surface area contributed by atoms with Crippen molar-refractivity contribution in [2.24, 2.45) is 5.92 Å². The van der Waals surface area contributed by atoms with Crippen LogP contribution in [-0.2, 0) is 5.54 Å². The molecule has 1 rings (SSSR count). The van der Waals surface area contributed by atoms with Crippen molar-refractivity contribution in [3.05, 3.63) is 24.4 Å². The van der Waals surface area contributed by atoms with Gasteiger partial charge in [-0.2, -0.15) is 4.57 Å². The maximum absolute atomic E-state index is 5.79. The fourth-order valence-electron chi connectivity index (χ4n) is 1.35. The van der Waals surface area contributed by atoms with Crippen molar-refractivity contribution in [3.8, 4) is 5.88 Å². The SMILES string of the molecule is CC(C)COc1cccc[n+]1C(C)(C)C. The van der Waals surface area contributed by atoms with Crippen LogP contribution in [-0.4, -0.2) is 6.61 Å². The van der Waals surface area contributed by atoms with Gasteiger partial charge in [0.1, 0.15) is 0 Å². The molecule has 0 aliphatic carbocycles. The van der Waals surface area contributed by atoms with E-state index in [0.29, 0.717) is 5.92 Å². The smallest absolute Gasteiger partial charge is 0.368 e. The number of hydrogen-bond acceptors (Lipinski definition) is 1. The van der Waals surface area contributed by atoms with E-state index in [0.717, 1.165) is 12.5 Å². The molecule has 15 heavy (non-hydrogen) atoms. The Labute approximate surface area is 92.9 Å². The van der Waals surface area contributed by atoms with Crippen molar-refractivity contribution in [2.45, 2.75) is 40.2 Å². The van der Waals surface area contributed by atoms with Crippen LogP contribution in [0.2, 0.25) is 0 Å². The third kappa shape index (κ3) is 3.54. The van der Waals surface area contributed by atoms with Crippen LogP contribution in [0.25, 0.3) is 0 Å². The first kappa shape index (κ1) is 12.0. The van der Waals surface area contributed by atoms with Gasteiger partial charge in [-0.25, -0.2) is 0 Å². The standard InChI is InChI=1S/C13H22NO/c1-11(2)10-15-12-8-6-7-9-14(12)13(3,4)5/h6-9,11H,10H2,1-5H3/q+1. The Morgan fingerprint density at radius 3 is 2.47 bits per heavy atom. The lowest BCUT2D eigenvalue weighted by molar-refractivity contribution is -0.757. The molecule has 0 N–H and O–H groups in total. The Balaban J connectivity index is 2.87. The van der Waals surface area contributed by atoms with Crippen molar-refractivity contribution < 1.29 is 9.30 Å². The molecular weight excluding hydrogens is 186 g/mol. The topological polar surface area (TPSA) is 13.1 Å². The molecule has 1 heterocycles. The van der Waals surface area contributed by atoms with E-state index in [1.54, 1.807) is 0 Å². The zero-order chi connectivity index (χ0) is 11.5. The van der Waals surface area contributed by atoms with E-state index in [-0.39, 0.29) is 5.54 Å². The van der Waals surface area contributed by atoms with Crippen LogP contribution in [0.15, 0.2) is 24.4 Å². The Morgan fingerprint density at radius 1 is 1.27 bits per heavy atom. The van der Waals surface area contributed by atoms with Gasteiger partial charge in [-0.1, -0.05) is 13.8 Å². The molecule has 0 aromatic carbocycles. The maximum atomic E-state index is 5.79. The van der Waals surface area contributed by atoms with Crippen molar-refractivity contribution in [1.82, 2.24) is 0 Å². The highest BCUT2D eigenvalue weighted by Gasteiger charge is 2.26. The Hall–Kier alpha value is -1.05. The Morgan fingerprint density at radius 2 is 1.93 bits per heavy atom. The van der Waals surface area contributed by atoms with Gasteiger partial charge in [-0.15, -0.1) is 0 Å². The lowest BCUT2D eigenvalue weighted by Gasteiger charge is -2.16. The van der Waals surface area contributed by atoms with Crippen LogP contribution >= 0.6 is 0 Å². The van der Waals surface area contributed by atoms with Crippen molar-refractivity contribution in [3.63, 3.8) is 0 Å². The Bertz CT molecular complexity index is 313. The van der Waals surface area contributed by atoms with Gasteiger partial charge in [0, 0.05) is 26.8 Å². The van der Waals surface area contributed by atoms with Gasteiger partial charge in [0.05, 0.1) is 12.7 Å². The molecule has 0 atom stereocenters. The molecule has 0 spiro atoms. The third-order valence-electron chi connectivity index (χ3n) is 2.11. The van der Waals surface area contributed by atoms with Gasteiger partial charge in [0.25, 0.3) is 0 Å². The normalized spacial score (nSPS) is 11.9. The maximum Gasteiger partial charge on any atom is 0.368 e. The summed E-state index contributed by atoms with van der Waals surface area (Å²) >= 11 is 0. The number of hydrogen-bond donors (Lipinski definition) is 0. The minimum Gasteiger partial charge on any atom is -0.444 e. The molecule has 0 amide bonds. The molecule has 2 heteroatoms. The molecule has 0 unspecified atom stereocenters. The summed E-state index contributed by atoms with van der Waals surface area (Å²) in [5.74, 6) is 1.50. The quantitative estimate of drug-likeness (QED) is 0.696. The molecule has 0 bridgehead atoms. The molecule has 0 aliphatic rings. The molecule has 2 nitrogen and oxygen atoms in total. The van der Waals surface area contributed by atoms with Gasteiger partial charge >= 0.3 is 5.88 Å². The first-order valence-corrected chi connectivity index (χ1v) is 5.55. The van der Waals surface area contributed by atoms with Crippen LogP contribution in [0.5, 0.6) is 5.88 Å². The first-order valence-electron chi connectivity index (χ1n) is 5.55. The zero-order valence-corrected chi connectivity index (χ0v) is 10.4. The van der Waals surface area contributed by atoms with Gasteiger partial charge in [0.2, 0.25) is 0 Å². The van der Waals surface area contributed by atoms with Crippen LogP contribution in [0, 0.1) is 5.92 Å². The molecular formula is C13H22NO+. The average Bonchev–Trinajstić information content (AvgIpc) is 2.13. The molecule has 1 aromatic heterocycles. The second-order valence-electron chi connectivity index (χ2n) is 5.28.